The van der Waals surface area contributed by atoms with Gasteiger partial charge in [0.15, 0.2) is 5.69 Å². The number of aliphatic carboxylic acids is 1. The summed E-state index contributed by atoms with van der Waals surface area (Å²) in [4.78, 5) is 36.9. The van der Waals surface area contributed by atoms with E-state index in [-0.39, 0.29) is 10.0 Å². The number of carboxylic acid groups (broad SMARTS) is 1. The first-order valence-corrected chi connectivity index (χ1v) is 5.70. The summed E-state index contributed by atoms with van der Waals surface area (Å²) in [6.07, 6.45) is 0. The first kappa shape index (κ1) is 14.1. The number of nitrogens with two attached hydrogens (primary N) is 1. The Morgan fingerprint density at radius 1 is 1.33 bits per heavy atom. The first-order valence-electron chi connectivity index (χ1n) is 4.89. The number of ketones is 1. The fourth-order valence-corrected chi connectivity index (χ4v) is 1.71. The Morgan fingerprint density at radius 2 is 1.89 bits per heavy atom. The molecular formula is C10H12N2O5S. The van der Waals surface area contributed by atoms with E-state index in [0.29, 0.717) is 11.3 Å². The summed E-state index contributed by atoms with van der Waals surface area (Å²) in [5, 5.41) is 8.27. The van der Waals surface area contributed by atoms with Gasteiger partial charge < -0.3 is 15.6 Å². The highest BCUT2D eigenvalue weighted by molar-refractivity contribution is 7.17. The lowest BCUT2D eigenvalue weighted by molar-refractivity contribution is -0.131. The molecule has 1 rings (SSSR count). The van der Waals surface area contributed by atoms with Crippen molar-refractivity contribution in [2.45, 2.75) is 26.4 Å². The molecule has 0 aromatic carbocycles. The summed E-state index contributed by atoms with van der Waals surface area (Å²) in [5.41, 5.74) is 4.30. The van der Waals surface area contributed by atoms with Gasteiger partial charge in [-0.1, -0.05) is 11.3 Å². The van der Waals surface area contributed by atoms with Gasteiger partial charge in [-0.15, -0.1) is 0 Å². The second-order valence-corrected chi connectivity index (χ2v) is 5.40. The number of carboxylic acids is 1. The molecule has 0 amide bonds. The van der Waals surface area contributed by atoms with Crippen molar-refractivity contribution in [2.75, 3.05) is 5.73 Å². The largest absolute Gasteiger partial charge is 0.475 e. The second kappa shape index (κ2) is 4.73. The number of anilines is 1. The third-order valence-electron chi connectivity index (χ3n) is 1.64. The number of hydrogen-bond donors (Lipinski definition) is 2. The van der Waals surface area contributed by atoms with Crippen LogP contribution in [0.25, 0.3) is 0 Å². The molecule has 0 saturated carbocycles. The molecule has 0 saturated heterocycles. The molecule has 0 bridgehead atoms. The maximum atomic E-state index is 11.6. The standard InChI is InChI=1S/C10H12N2O5S/c1-10(2,3)17-9(16)7-12-4(6(11)18-7)5(13)8(14)15/h11H2,1-3H3,(H,14,15). The third-order valence-corrected chi connectivity index (χ3v) is 2.50. The molecule has 1 heterocycles. The van der Waals surface area contributed by atoms with E-state index in [2.05, 4.69) is 4.98 Å². The average molecular weight is 272 g/mol. The molecule has 3 N–H and O–H groups in total. The molecule has 7 nitrogen and oxygen atoms in total. The third kappa shape index (κ3) is 3.27. The molecule has 1 aromatic rings. The number of nitrogen functional groups attached to an aromatic ring is 1. The summed E-state index contributed by atoms with van der Waals surface area (Å²) in [5.74, 6) is -3.68. The number of nitrogens with zero attached hydrogens (tertiary/aromatic N) is 1. The Labute approximate surface area is 107 Å². The zero-order valence-corrected chi connectivity index (χ0v) is 10.8. The minimum Gasteiger partial charge on any atom is -0.475 e. The van der Waals surface area contributed by atoms with Gasteiger partial charge in [-0.2, -0.15) is 0 Å². The first-order chi connectivity index (χ1) is 8.11. The van der Waals surface area contributed by atoms with Crippen molar-refractivity contribution in [3.05, 3.63) is 10.7 Å². The van der Waals surface area contributed by atoms with Crippen LogP contribution in [0.1, 0.15) is 41.1 Å². The Balaban J connectivity index is 3.01. The van der Waals surface area contributed by atoms with E-state index in [9.17, 15) is 14.4 Å². The molecule has 0 unspecified atom stereocenters. The van der Waals surface area contributed by atoms with Crippen LogP contribution < -0.4 is 5.73 Å². The quantitative estimate of drug-likeness (QED) is 0.477. The van der Waals surface area contributed by atoms with Crippen LogP contribution in [0.2, 0.25) is 0 Å². The number of rotatable bonds is 3. The smallest absolute Gasteiger partial charge is 0.379 e. The van der Waals surface area contributed by atoms with E-state index in [1.54, 1.807) is 20.8 Å². The summed E-state index contributed by atoms with van der Waals surface area (Å²) < 4.78 is 5.03. The van der Waals surface area contributed by atoms with Crippen LogP contribution in [0.15, 0.2) is 0 Å². The van der Waals surface area contributed by atoms with E-state index in [0.717, 1.165) is 0 Å². The van der Waals surface area contributed by atoms with Gasteiger partial charge in [0.1, 0.15) is 10.6 Å². The highest BCUT2D eigenvalue weighted by Gasteiger charge is 2.27. The molecule has 0 aliphatic heterocycles. The van der Waals surface area contributed by atoms with Gasteiger partial charge in [0.05, 0.1) is 0 Å². The molecule has 18 heavy (non-hydrogen) atoms. The fourth-order valence-electron chi connectivity index (χ4n) is 1.00. The number of thiazole rings is 1. The van der Waals surface area contributed by atoms with Gasteiger partial charge in [-0.05, 0) is 20.8 Å². The summed E-state index contributed by atoms with van der Waals surface area (Å²) in [6.45, 7) is 5.02. The number of ether oxygens (including phenoxy) is 1. The average Bonchev–Trinajstić information content (AvgIpc) is 2.56. The van der Waals surface area contributed by atoms with Gasteiger partial charge in [-0.3, -0.25) is 4.79 Å². The van der Waals surface area contributed by atoms with Crippen molar-refractivity contribution in [2.24, 2.45) is 0 Å². The molecular weight excluding hydrogens is 260 g/mol. The minimum absolute atomic E-state index is 0.122. The number of esters is 1. The van der Waals surface area contributed by atoms with Gasteiger partial charge in [0.2, 0.25) is 5.01 Å². The minimum atomic E-state index is -1.68. The van der Waals surface area contributed by atoms with E-state index in [1.165, 1.54) is 0 Å². The molecule has 98 valence electrons. The Hall–Kier alpha value is -1.96. The number of hydrogen-bond acceptors (Lipinski definition) is 7. The van der Waals surface area contributed by atoms with E-state index < -0.39 is 29.0 Å². The van der Waals surface area contributed by atoms with E-state index >= 15 is 0 Å². The molecule has 0 aliphatic carbocycles. The molecule has 1 aromatic heterocycles. The van der Waals surface area contributed by atoms with Crippen LogP contribution >= 0.6 is 11.3 Å². The predicted molar refractivity (Wildman–Crippen MR) is 63.7 cm³/mol. The molecule has 0 atom stereocenters. The molecule has 0 aliphatic rings. The van der Waals surface area contributed by atoms with Crippen LogP contribution in [0.4, 0.5) is 5.00 Å². The van der Waals surface area contributed by atoms with Crippen LogP contribution in [0.3, 0.4) is 0 Å². The van der Waals surface area contributed by atoms with Crippen LogP contribution in [-0.4, -0.2) is 33.4 Å². The number of carbonyl (C=O) groups excluding carboxylic acids is 2. The maximum absolute atomic E-state index is 11.6. The van der Waals surface area contributed by atoms with E-state index in [4.69, 9.17) is 15.6 Å². The van der Waals surface area contributed by atoms with Gasteiger partial charge >= 0.3 is 11.9 Å². The molecule has 0 fully saturated rings. The van der Waals surface area contributed by atoms with Crippen LogP contribution in [0, 0.1) is 0 Å². The van der Waals surface area contributed by atoms with Crippen molar-refractivity contribution in [3.8, 4) is 0 Å². The number of Topliss-reactive ketones (excluding diaryl/α,β-unsaturated/α-hetero) is 1. The van der Waals surface area contributed by atoms with Crippen molar-refractivity contribution < 1.29 is 24.2 Å². The zero-order valence-electron chi connectivity index (χ0n) is 10.0. The van der Waals surface area contributed by atoms with Crippen molar-refractivity contribution in [3.63, 3.8) is 0 Å². The number of carbonyl (C=O) groups is 3. The summed E-state index contributed by atoms with van der Waals surface area (Å²) in [6, 6.07) is 0. The fraction of sp³-hybridized carbons (Fsp3) is 0.400. The van der Waals surface area contributed by atoms with Crippen molar-refractivity contribution in [1.82, 2.24) is 4.98 Å². The second-order valence-electron chi connectivity index (χ2n) is 4.37. The maximum Gasteiger partial charge on any atom is 0.379 e. The molecule has 8 heteroatoms. The normalized spacial score (nSPS) is 11.1. The molecule has 0 spiro atoms. The highest BCUT2D eigenvalue weighted by atomic mass is 32.1. The van der Waals surface area contributed by atoms with Crippen molar-refractivity contribution in [1.29, 1.82) is 0 Å². The lowest BCUT2D eigenvalue weighted by Gasteiger charge is -2.18. The van der Waals surface area contributed by atoms with Gasteiger partial charge in [-0.25, -0.2) is 14.6 Å². The SMILES string of the molecule is CC(C)(C)OC(=O)c1nc(C(=O)C(=O)O)c(N)s1. The topological polar surface area (TPSA) is 120 Å². The monoisotopic (exact) mass is 272 g/mol. The van der Waals surface area contributed by atoms with Crippen LogP contribution in [-0.2, 0) is 9.53 Å². The molecule has 0 radical (unpaired) electrons. The van der Waals surface area contributed by atoms with Crippen LogP contribution in [0.5, 0.6) is 0 Å². The van der Waals surface area contributed by atoms with E-state index in [1.807, 2.05) is 0 Å². The lowest BCUT2D eigenvalue weighted by Crippen LogP contribution is -2.24. The zero-order chi connectivity index (χ0) is 14.1. The number of aromatic nitrogens is 1. The Morgan fingerprint density at radius 3 is 2.33 bits per heavy atom. The Bertz CT molecular complexity index is 515. The van der Waals surface area contributed by atoms with Crippen molar-refractivity contribution >= 4 is 34.1 Å². The Kier molecular flexibility index (Phi) is 3.70. The predicted octanol–water partition coefficient (Wildman–Crippen LogP) is 0.948. The van der Waals surface area contributed by atoms with Gasteiger partial charge in [0.25, 0.3) is 5.78 Å². The highest BCUT2D eigenvalue weighted by Crippen LogP contribution is 2.23. The summed E-state index contributed by atoms with van der Waals surface area (Å²) >= 11 is 0.717. The van der Waals surface area contributed by atoms with Gasteiger partial charge in [0, 0.05) is 0 Å². The summed E-state index contributed by atoms with van der Waals surface area (Å²) in [7, 11) is 0. The lowest BCUT2D eigenvalue weighted by atomic mass is 10.2.